The molecule has 1 amide bonds. The minimum atomic E-state index is 0.126. The number of carbonyl (C=O) groups excluding carboxylic acids is 1. The van der Waals surface area contributed by atoms with Gasteiger partial charge >= 0.3 is 0 Å². The topological polar surface area (TPSA) is 33.2 Å². The van der Waals surface area contributed by atoms with Crippen LogP contribution in [0.4, 0.5) is 0 Å². The van der Waals surface area contributed by atoms with Crippen molar-refractivity contribution in [2.75, 3.05) is 13.1 Å². The van der Waals surface area contributed by atoms with Crippen molar-refractivity contribution in [2.24, 2.45) is 5.92 Å². The fourth-order valence-corrected chi connectivity index (χ4v) is 4.72. The quantitative estimate of drug-likeness (QED) is 0.799. The lowest BCUT2D eigenvalue weighted by Crippen LogP contribution is -2.39. The van der Waals surface area contributed by atoms with Crippen LogP contribution in [0.25, 0.3) is 10.4 Å². The molecule has 3 nitrogen and oxygen atoms in total. The minimum absolute atomic E-state index is 0.126. The van der Waals surface area contributed by atoms with Crippen molar-refractivity contribution < 1.29 is 4.79 Å². The Kier molecular flexibility index (Phi) is 4.17. The Labute approximate surface area is 147 Å². The van der Waals surface area contributed by atoms with Crippen LogP contribution in [0, 0.1) is 12.8 Å². The van der Waals surface area contributed by atoms with Gasteiger partial charge in [-0.1, -0.05) is 36.8 Å². The summed E-state index contributed by atoms with van der Waals surface area (Å²) in [6.07, 6.45) is 4.76. The maximum Gasteiger partial charge on any atom is 0.274 e. The van der Waals surface area contributed by atoms with E-state index in [1.54, 1.807) is 11.3 Å². The van der Waals surface area contributed by atoms with Gasteiger partial charge in [-0.2, -0.15) is 0 Å². The molecule has 126 valence electrons. The van der Waals surface area contributed by atoms with Crippen LogP contribution in [0.15, 0.2) is 24.3 Å². The van der Waals surface area contributed by atoms with Crippen molar-refractivity contribution in [3.8, 4) is 10.4 Å². The van der Waals surface area contributed by atoms with Crippen LogP contribution in [0.2, 0.25) is 0 Å². The predicted octanol–water partition coefficient (Wildman–Crippen LogP) is 4.87. The molecule has 0 spiro atoms. The molecule has 4 heteroatoms. The van der Waals surface area contributed by atoms with Crippen molar-refractivity contribution in [1.29, 1.82) is 0 Å². The van der Waals surface area contributed by atoms with Gasteiger partial charge in [-0.25, -0.2) is 4.98 Å². The summed E-state index contributed by atoms with van der Waals surface area (Å²) in [4.78, 5) is 21.0. The first-order chi connectivity index (χ1) is 11.6. The summed E-state index contributed by atoms with van der Waals surface area (Å²) in [5, 5.41) is 1.15. The van der Waals surface area contributed by atoms with E-state index in [1.807, 2.05) is 4.90 Å². The Morgan fingerprint density at radius 2 is 2.12 bits per heavy atom. The largest absolute Gasteiger partial charge is 0.337 e. The molecule has 2 aromatic rings. The van der Waals surface area contributed by atoms with E-state index in [9.17, 15) is 4.79 Å². The van der Waals surface area contributed by atoms with Gasteiger partial charge in [0.25, 0.3) is 5.91 Å². The maximum atomic E-state index is 13.2. The summed E-state index contributed by atoms with van der Waals surface area (Å²) < 4.78 is 0. The van der Waals surface area contributed by atoms with E-state index < -0.39 is 0 Å². The number of hydrogen-bond donors (Lipinski definition) is 0. The Morgan fingerprint density at radius 3 is 2.83 bits per heavy atom. The highest BCUT2D eigenvalue weighted by Gasteiger charge is 2.32. The van der Waals surface area contributed by atoms with Crippen molar-refractivity contribution in [2.45, 2.75) is 45.4 Å². The average molecular weight is 340 g/mol. The van der Waals surface area contributed by atoms with Gasteiger partial charge in [-0.3, -0.25) is 4.79 Å². The SMILES string of the molecule is Cc1cccc(-c2sc(C3CC3)nc2C(=O)N2CCC[C@@H](C)C2)c1. The molecule has 1 aliphatic heterocycles. The molecule has 1 aromatic heterocycles. The number of aryl methyl sites for hydroxylation is 1. The van der Waals surface area contributed by atoms with Gasteiger partial charge in [-0.05, 0) is 44.1 Å². The van der Waals surface area contributed by atoms with E-state index in [2.05, 4.69) is 38.1 Å². The van der Waals surface area contributed by atoms with E-state index >= 15 is 0 Å². The first kappa shape index (κ1) is 15.8. The number of likely N-dealkylation sites (tertiary alicyclic amines) is 1. The van der Waals surface area contributed by atoms with Crippen molar-refractivity contribution in [1.82, 2.24) is 9.88 Å². The summed E-state index contributed by atoms with van der Waals surface area (Å²) in [6, 6.07) is 8.44. The van der Waals surface area contributed by atoms with E-state index in [-0.39, 0.29) is 5.91 Å². The molecule has 0 radical (unpaired) electrons. The molecule has 2 aliphatic rings. The first-order valence-corrected chi connectivity index (χ1v) is 9.80. The minimum Gasteiger partial charge on any atom is -0.337 e. The Balaban J connectivity index is 1.72. The van der Waals surface area contributed by atoms with Crippen LogP contribution >= 0.6 is 11.3 Å². The monoisotopic (exact) mass is 340 g/mol. The van der Waals surface area contributed by atoms with E-state index in [1.165, 1.54) is 24.8 Å². The Bertz CT molecular complexity index is 763. The molecule has 24 heavy (non-hydrogen) atoms. The number of rotatable bonds is 3. The second kappa shape index (κ2) is 6.32. The second-order valence-corrected chi connectivity index (χ2v) is 8.40. The lowest BCUT2D eigenvalue weighted by Gasteiger charge is -2.30. The molecule has 1 saturated heterocycles. The lowest BCUT2D eigenvalue weighted by molar-refractivity contribution is 0.0678. The number of benzene rings is 1. The maximum absolute atomic E-state index is 13.2. The number of piperidine rings is 1. The smallest absolute Gasteiger partial charge is 0.274 e. The highest BCUT2D eigenvalue weighted by molar-refractivity contribution is 7.15. The first-order valence-electron chi connectivity index (χ1n) is 8.99. The summed E-state index contributed by atoms with van der Waals surface area (Å²) in [7, 11) is 0. The third-order valence-electron chi connectivity index (χ3n) is 5.00. The van der Waals surface area contributed by atoms with Crippen LogP contribution in [0.1, 0.15) is 59.6 Å². The molecule has 0 bridgehead atoms. The van der Waals surface area contributed by atoms with Gasteiger partial charge in [-0.15, -0.1) is 11.3 Å². The zero-order valence-corrected chi connectivity index (χ0v) is 15.2. The normalized spacial score (nSPS) is 21.1. The number of amides is 1. The Hall–Kier alpha value is -1.68. The molecule has 2 heterocycles. The zero-order chi connectivity index (χ0) is 16.7. The number of aromatic nitrogens is 1. The van der Waals surface area contributed by atoms with Crippen LogP contribution in [-0.4, -0.2) is 28.9 Å². The predicted molar refractivity (Wildman–Crippen MR) is 98.6 cm³/mol. The third kappa shape index (κ3) is 3.12. The average Bonchev–Trinajstić information content (AvgIpc) is 3.33. The molecule has 0 N–H and O–H groups in total. The molecule has 1 aromatic carbocycles. The highest BCUT2D eigenvalue weighted by atomic mass is 32.1. The third-order valence-corrected chi connectivity index (χ3v) is 6.26. The molecule has 2 fully saturated rings. The molecular formula is C20H24N2OS. The van der Waals surface area contributed by atoms with Gasteiger partial charge in [0.2, 0.25) is 0 Å². The van der Waals surface area contributed by atoms with Crippen molar-refractivity contribution in [3.05, 3.63) is 40.5 Å². The van der Waals surface area contributed by atoms with E-state index in [0.717, 1.165) is 35.0 Å². The van der Waals surface area contributed by atoms with Crippen LogP contribution in [0.5, 0.6) is 0 Å². The summed E-state index contributed by atoms with van der Waals surface area (Å²) in [5.74, 6) is 1.30. The molecular weight excluding hydrogens is 316 g/mol. The van der Waals surface area contributed by atoms with Gasteiger partial charge < -0.3 is 4.90 Å². The molecule has 4 rings (SSSR count). The number of nitrogens with zero attached hydrogens (tertiary/aromatic N) is 2. The molecule has 1 atom stereocenters. The van der Waals surface area contributed by atoms with Crippen molar-refractivity contribution >= 4 is 17.2 Å². The highest BCUT2D eigenvalue weighted by Crippen LogP contribution is 2.45. The summed E-state index contributed by atoms with van der Waals surface area (Å²) in [5.41, 5.74) is 3.04. The number of carbonyl (C=O) groups is 1. The van der Waals surface area contributed by atoms with Gasteiger partial charge in [0.05, 0.1) is 9.88 Å². The van der Waals surface area contributed by atoms with Crippen molar-refractivity contribution in [3.63, 3.8) is 0 Å². The summed E-state index contributed by atoms with van der Waals surface area (Å²) >= 11 is 1.73. The molecule has 1 aliphatic carbocycles. The van der Waals surface area contributed by atoms with Crippen LogP contribution < -0.4 is 0 Å². The van der Waals surface area contributed by atoms with Crippen LogP contribution in [-0.2, 0) is 0 Å². The van der Waals surface area contributed by atoms with Gasteiger partial charge in [0.1, 0.15) is 5.69 Å². The van der Waals surface area contributed by atoms with E-state index in [4.69, 9.17) is 4.98 Å². The fourth-order valence-electron chi connectivity index (χ4n) is 3.49. The summed E-state index contributed by atoms with van der Waals surface area (Å²) in [6.45, 7) is 6.06. The van der Waals surface area contributed by atoms with Crippen LogP contribution in [0.3, 0.4) is 0 Å². The van der Waals surface area contributed by atoms with Gasteiger partial charge in [0, 0.05) is 19.0 Å². The van der Waals surface area contributed by atoms with E-state index in [0.29, 0.717) is 17.5 Å². The number of hydrogen-bond acceptors (Lipinski definition) is 3. The molecule has 1 saturated carbocycles. The lowest BCUT2D eigenvalue weighted by atomic mass is 10.00. The molecule has 0 unspecified atom stereocenters. The number of thiazole rings is 1. The standard InChI is InChI=1S/C20H24N2OS/c1-13-5-3-7-16(11-13)18-17(21-19(24-18)15-8-9-15)20(23)22-10-4-6-14(2)12-22/h3,5,7,11,14-15H,4,6,8-10,12H2,1-2H3/t14-/m1/s1. The Morgan fingerprint density at radius 1 is 1.29 bits per heavy atom. The fraction of sp³-hybridized carbons (Fsp3) is 0.500. The second-order valence-electron chi connectivity index (χ2n) is 7.37. The van der Waals surface area contributed by atoms with Gasteiger partial charge in [0.15, 0.2) is 0 Å². The zero-order valence-electron chi connectivity index (χ0n) is 14.4.